The number of fused-ring (bicyclic) bond motifs is 1. The molecule has 5 aromatic rings. The summed E-state index contributed by atoms with van der Waals surface area (Å²) in [5.74, 6) is 0.443. The quantitative estimate of drug-likeness (QED) is 0.360. The number of para-hydroxylation sites is 1. The number of nitrogens with one attached hydrogen (secondary N) is 2. The number of anilines is 1. The van der Waals surface area contributed by atoms with Gasteiger partial charge in [-0.05, 0) is 61.9 Å². The molecule has 8 heteroatoms. The van der Waals surface area contributed by atoms with Crippen molar-refractivity contribution in [2.75, 3.05) is 5.32 Å². The van der Waals surface area contributed by atoms with Crippen LogP contribution in [-0.2, 0) is 0 Å². The molecule has 3 aromatic carbocycles. The average Bonchev–Trinajstić information content (AvgIpc) is 3.36. The Morgan fingerprint density at radius 2 is 1.88 bits per heavy atom. The number of aromatic amines is 1. The van der Waals surface area contributed by atoms with Gasteiger partial charge in [0.05, 0.1) is 11.4 Å². The Hall–Kier alpha value is -4.33. The monoisotopic (exact) mass is 455 g/mol. The molecule has 34 heavy (non-hydrogen) atoms. The molecular formula is C26H22FN5O2. The minimum absolute atomic E-state index is 0.134. The smallest absolute Gasteiger partial charge is 0.206 e. The van der Waals surface area contributed by atoms with Gasteiger partial charge in [-0.2, -0.15) is 5.21 Å². The van der Waals surface area contributed by atoms with Crippen LogP contribution in [0.1, 0.15) is 29.7 Å². The highest BCUT2D eigenvalue weighted by Crippen LogP contribution is 2.34. The van der Waals surface area contributed by atoms with Crippen LogP contribution in [0.15, 0.2) is 69.9 Å². The van der Waals surface area contributed by atoms with E-state index in [-0.39, 0.29) is 11.5 Å². The fourth-order valence-electron chi connectivity index (χ4n) is 4.19. The maximum absolute atomic E-state index is 13.9. The van der Waals surface area contributed by atoms with E-state index in [1.807, 2.05) is 50.2 Å². The van der Waals surface area contributed by atoms with Gasteiger partial charge in [-0.15, -0.1) is 10.2 Å². The molecule has 1 atom stereocenters. The third-order valence-electron chi connectivity index (χ3n) is 5.83. The third kappa shape index (κ3) is 3.83. The molecule has 0 radical (unpaired) electrons. The SMILES string of the molecule is Cc1cc(C(C)Nc2ccccc2-c2nn[nH]n2)c2oc(-c3cccc(F)c3)c(C)c(=O)c2c1. The summed E-state index contributed by atoms with van der Waals surface area (Å²) < 4.78 is 20.2. The van der Waals surface area contributed by atoms with Crippen molar-refractivity contribution < 1.29 is 8.81 Å². The molecule has 0 amide bonds. The van der Waals surface area contributed by atoms with Gasteiger partial charge < -0.3 is 9.73 Å². The zero-order chi connectivity index (χ0) is 23.8. The summed E-state index contributed by atoms with van der Waals surface area (Å²) in [4.78, 5) is 13.3. The zero-order valence-corrected chi connectivity index (χ0v) is 18.9. The Morgan fingerprint density at radius 3 is 2.65 bits per heavy atom. The van der Waals surface area contributed by atoms with Crippen molar-refractivity contribution in [2.45, 2.75) is 26.8 Å². The van der Waals surface area contributed by atoms with Gasteiger partial charge in [0.25, 0.3) is 0 Å². The van der Waals surface area contributed by atoms with Crippen molar-refractivity contribution in [1.82, 2.24) is 20.6 Å². The second-order valence-electron chi connectivity index (χ2n) is 8.27. The molecule has 0 aliphatic heterocycles. The topological polar surface area (TPSA) is 96.7 Å². The number of H-pyrrole nitrogens is 1. The Morgan fingerprint density at radius 1 is 1.06 bits per heavy atom. The van der Waals surface area contributed by atoms with Crippen LogP contribution in [0, 0.1) is 19.7 Å². The average molecular weight is 455 g/mol. The number of halogens is 1. The summed E-state index contributed by atoms with van der Waals surface area (Å²) in [6.45, 7) is 5.64. The molecule has 0 saturated heterocycles. The predicted molar refractivity (Wildman–Crippen MR) is 129 cm³/mol. The number of hydrogen-bond acceptors (Lipinski definition) is 6. The molecule has 0 bridgehead atoms. The molecule has 1 unspecified atom stereocenters. The van der Waals surface area contributed by atoms with Gasteiger partial charge in [-0.25, -0.2) is 4.39 Å². The highest BCUT2D eigenvalue weighted by Gasteiger charge is 2.20. The number of hydrogen-bond donors (Lipinski definition) is 2. The van der Waals surface area contributed by atoms with E-state index in [4.69, 9.17) is 4.42 Å². The lowest BCUT2D eigenvalue weighted by Crippen LogP contribution is -2.13. The van der Waals surface area contributed by atoms with Crippen molar-refractivity contribution in [1.29, 1.82) is 0 Å². The highest BCUT2D eigenvalue weighted by atomic mass is 19.1. The fraction of sp³-hybridized carbons (Fsp3) is 0.154. The van der Waals surface area contributed by atoms with E-state index in [1.54, 1.807) is 19.1 Å². The summed E-state index contributed by atoms with van der Waals surface area (Å²) in [6.07, 6.45) is 0. The third-order valence-corrected chi connectivity index (χ3v) is 5.83. The molecular weight excluding hydrogens is 433 g/mol. The molecule has 2 heterocycles. The standard InChI is InChI=1S/C26H22FN5O2/c1-14-11-20(16(3)28-22-10-5-4-9-19(22)26-29-31-32-30-26)25-21(12-14)23(33)15(2)24(34-25)17-7-6-8-18(27)13-17/h4-13,16,28H,1-3H3,(H,29,30,31,32). The number of tetrazole rings is 1. The van der Waals surface area contributed by atoms with Crippen LogP contribution < -0.4 is 10.7 Å². The van der Waals surface area contributed by atoms with Gasteiger partial charge in [0.2, 0.25) is 5.82 Å². The Kier molecular flexibility index (Phi) is 5.41. The van der Waals surface area contributed by atoms with E-state index in [0.29, 0.717) is 33.7 Å². The first-order valence-electron chi connectivity index (χ1n) is 10.9. The Labute approximate surface area is 194 Å². The van der Waals surface area contributed by atoms with Crippen molar-refractivity contribution >= 4 is 16.7 Å². The number of nitrogens with zero attached hydrogens (tertiary/aromatic N) is 3. The molecule has 2 aromatic heterocycles. The van der Waals surface area contributed by atoms with Gasteiger partial charge >= 0.3 is 0 Å². The largest absolute Gasteiger partial charge is 0.455 e. The highest BCUT2D eigenvalue weighted by molar-refractivity contribution is 5.85. The molecule has 7 nitrogen and oxygen atoms in total. The number of aromatic nitrogens is 4. The summed E-state index contributed by atoms with van der Waals surface area (Å²) in [6, 6.07) is 17.3. The summed E-state index contributed by atoms with van der Waals surface area (Å²) in [7, 11) is 0. The molecule has 0 spiro atoms. The van der Waals surface area contributed by atoms with Gasteiger partial charge in [0.15, 0.2) is 5.43 Å². The van der Waals surface area contributed by atoms with Crippen molar-refractivity contribution in [2.24, 2.45) is 0 Å². The van der Waals surface area contributed by atoms with Crippen LogP contribution in [0.2, 0.25) is 0 Å². The lowest BCUT2D eigenvalue weighted by Gasteiger charge is -2.20. The van der Waals surface area contributed by atoms with Gasteiger partial charge in [0, 0.05) is 27.9 Å². The van der Waals surface area contributed by atoms with Crippen LogP contribution in [0.3, 0.4) is 0 Å². The first kappa shape index (κ1) is 21.5. The lowest BCUT2D eigenvalue weighted by atomic mass is 9.98. The van der Waals surface area contributed by atoms with E-state index in [1.165, 1.54) is 12.1 Å². The zero-order valence-electron chi connectivity index (χ0n) is 18.9. The van der Waals surface area contributed by atoms with Crippen LogP contribution in [0.25, 0.3) is 33.7 Å². The maximum Gasteiger partial charge on any atom is 0.206 e. The minimum Gasteiger partial charge on any atom is -0.455 e. The van der Waals surface area contributed by atoms with Gasteiger partial charge in [-0.1, -0.05) is 30.3 Å². The molecule has 170 valence electrons. The first-order valence-corrected chi connectivity index (χ1v) is 10.9. The molecule has 0 fully saturated rings. The van der Waals surface area contributed by atoms with Crippen LogP contribution in [0.4, 0.5) is 10.1 Å². The molecule has 0 aliphatic carbocycles. The summed E-state index contributed by atoms with van der Waals surface area (Å²) in [5, 5.41) is 18.3. The first-order chi connectivity index (χ1) is 16.4. The number of rotatable bonds is 5. The van der Waals surface area contributed by atoms with Crippen LogP contribution >= 0.6 is 0 Å². The normalized spacial score (nSPS) is 12.1. The lowest BCUT2D eigenvalue weighted by molar-refractivity contribution is 0.601. The number of aryl methyl sites for hydroxylation is 1. The second kappa shape index (κ2) is 8.55. The van der Waals surface area contributed by atoms with Gasteiger partial charge in [0.1, 0.15) is 17.2 Å². The van der Waals surface area contributed by atoms with Crippen molar-refractivity contribution in [3.8, 4) is 22.7 Å². The molecule has 5 rings (SSSR count). The van der Waals surface area contributed by atoms with Crippen molar-refractivity contribution in [3.63, 3.8) is 0 Å². The Bertz CT molecular complexity index is 1560. The summed E-state index contributed by atoms with van der Waals surface area (Å²) in [5.41, 5.74) is 4.65. The van der Waals surface area contributed by atoms with E-state index in [2.05, 4.69) is 25.9 Å². The minimum atomic E-state index is -0.392. The second-order valence-corrected chi connectivity index (χ2v) is 8.27. The molecule has 2 N–H and O–H groups in total. The molecule has 0 saturated carbocycles. The van der Waals surface area contributed by atoms with Gasteiger partial charge in [-0.3, -0.25) is 4.79 Å². The maximum atomic E-state index is 13.9. The number of benzene rings is 3. The predicted octanol–water partition coefficient (Wildman–Crippen LogP) is 5.57. The van der Waals surface area contributed by atoms with Crippen molar-refractivity contribution in [3.05, 3.63) is 93.4 Å². The van der Waals surface area contributed by atoms with E-state index in [9.17, 15) is 9.18 Å². The fourth-order valence-corrected chi connectivity index (χ4v) is 4.19. The van der Waals surface area contributed by atoms with Crippen LogP contribution in [0.5, 0.6) is 0 Å². The van der Waals surface area contributed by atoms with Crippen LogP contribution in [-0.4, -0.2) is 20.6 Å². The summed E-state index contributed by atoms with van der Waals surface area (Å²) >= 11 is 0. The molecule has 0 aliphatic rings. The van der Waals surface area contributed by atoms with E-state index < -0.39 is 5.82 Å². The van der Waals surface area contributed by atoms with E-state index in [0.717, 1.165) is 22.4 Å². The Balaban J connectivity index is 1.65. The van der Waals surface area contributed by atoms with E-state index >= 15 is 0 Å².